The van der Waals surface area contributed by atoms with Crippen molar-refractivity contribution in [3.8, 4) is 11.3 Å². The van der Waals surface area contributed by atoms with Gasteiger partial charge in [0.2, 0.25) is 5.95 Å². The number of halogens is 1. The van der Waals surface area contributed by atoms with Gasteiger partial charge in [0.1, 0.15) is 11.3 Å². The highest BCUT2D eigenvalue weighted by Crippen LogP contribution is 2.19. The molecule has 0 N–H and O–H groups in total. The number of fused-ring (bicyclic) bond motifs is 1. The average molecular weight is 362 g/mol. The van der Waals surface area contributed by atoms with Crippen LogP contribution in [0.25, 0.3) is 16.8 Å². The molecule has 0 spiro atoms. The number of aromatic nitrogens is 4. The van der Waals surface area contributed by atoms with Crippen LogP contribution in [0.2, 0.25) is 0 Å². The molecule has 3 heterocycles. The summed E-state index contributed by atoms with van der Waals surface area (Å²) in [5.41, 5.74) is 3.94. The molecule has 0 bridgehead atoms. The summed E-state index contributed by atoms with van der Waals surface area (Å²) in [7, 11) is 1.78. The van der Waals surface area contributed by atoms with Crippen LogP contribution in [0.5, 0.6) is 0 Å². The smallest absolute Gasteiger partial charge is 0.276 e. The highest BCUT2D eigenvalue weighted by atomic mass is 19.1. The lowest BCUT2D eigenvalue weighted by Crippen LogP contribution is -2.23. The van der Waals surface area contributed by atoms with Crippen molar-refractivity contribution < 1.29 is 4.39 Å². The molecule has 0 saturated carbocycles. The van der Waals surface area contributed by atoms with Crippen LogP contribution in [-0.4, -0.2) is 18.9 Å². The number of imidazole rings is 1. The quantitative estimate of drug-likeness (QED) is 0.523. The summed E-state index contributed by atoms with van der Waals surface area (Å²) in [5.74, 6) is 0.378. The summed E-state index contributed by atoms with van der Waals surface area (Å²) in [6.07, 6.45) is 4.98. The molecule has 27 heavy (non-hydrogen) atoms. The van der Waals surface area contributed by atoms with Crippen LogP contribution in [0.15, 0.2) is 59.7 Å². The first-order valence-corrected chi connectivity index (χ1v) is 8.83. The second-order valence-corrected chi connectivity index (χ2v) is 6.49. The molecule has 0 atom stereocenters. The molecule has 0 radical (unpaired) electrons. The van der Waals surface area contributed by atoms with E-state index in [-0.39, 0.29) is 5.56 Å². The molecule has 1 aromatic carbocycles. The van der Waals surface area contributed by atoms with E-state index in [1.54, 1.807) is 29.9 Å². The van der Waals surface area contributed by atoms with Gasteiger partial charge in [-0.1, -0.05) is 37.3 Å². The SMILES string of the molecule is CCc1ncc2c(=O)n(C)c(Cc3ccc(-c4cccc(F)n4)cc3)cn12. The van der Waals surface area contributed by atoms with Crippen LogP contribution >= 0.6 is 0 Å². The molecule has 0 saturated heterocycles. The maximum absolute atomic E-state index is 13.3. The Balaban J connectivity index is 1.68. The maximum Gasteiger partial charge on any atom is 0.276 e. The Labute approximate surface area is 155 Å². The minimum Gasteiger partial charge on any atom is -0.312 e. The zero-order valence-electron chi connectivity index (χ0n) is 15.2. The summed E-state index contributed by atoms with van der Waals surface area (Å²) >= 11 is 0. The van der Waals surface area contributed by atoms with Crippen molar-refractivity contribution in [3.05, 3.63) is 88.2 Å². The van der Waals surface area contributed by atoms with Gasteiger partial charge in [-0.3, -0.25) is 9.20 Å². The van der Waals surface area contributed by atoms with Crippen LogP contribution in [0.3, 0.4) is 0 Å². The number of hydrogen-bond donors (Lipinski definition) is 0. The predicted molar refractivity (Wildman–Crippen MR) is 102 cm³/mol. The van der Waals surface area contributed by atoms with Gasteiger partial charge in [0.15, 0.2) is 0 Å². The molecule has 0 fully saturated rings. The van der Waals surface area contributed by atoms with E-state index in [1.807, 2.05) is 41.8 Å². The summed E-state index contributed by atoms with van der Waals surface area (Å²) in [4.78, 5) is 20.8. The molecule has 0 amide bonds. The Bertz CT molecular complexity index is 1180. The van der Waals surface area contributed by atoms with Crippen LogP contribution in [0, 0.1) is 5.95 Å². The van der Waals surface area contributed by atoms with Gasteiger partial charge in [-0.05, 0) is 17.7 Å². The Morgan fingerprint density at radius 1 is 1.11 bits per heavy atom. The summed E-state index contributed by atoms with van der Waals surface area (Å²) in [6, 6.07) is 12.5. The standard InChI is InChI=1S/C21H19FN4O/c1-3-20-23-12-18-21(27)25(2)16(13-26(18)20)11-14-7-9-15(10-8-14)17-5-4-6-19(22)24-17/h4-10,12-13H,3,11H2,1-2H3. The number of hydrogen-bond acceptors (Lipinski definition) is 3. The van der Waals surface area contributed by atoms with E-state index < -0.39 is 5.95 Å². The number of benzene rings is 1. The molecule has 0 unspecified atom stereocenters. The first-order valence-electron chi connectivity index (χ1n) is 8.83. The lowest BCUT2D eigenvalue weighted by molar-refractivity contribution is 0.585. The molecule has 136 valence electrons. The largest absolute Gasteiger partial charge is 0.312 e. The summed E-state index contributed by atoms with van der Waals surface area (Å²) in [6.45, 7) is 2.02. The van der Waals surface area contributed by atoms with E-state index >= 15 is 0 Å². The summed E-state index contributed by atoms with van der Waals surface area (Å²) in [5, 5.41) is 0. The van der Waals surface area contributed by atoms with Crippen LogP contribution in [0.1, 0.15) is 24.0 Å². The van der Waals surface area contributed by atoms with Crippen LogP contribution in [-0.2, 0) is 19.9 Å². The molecule has 6 heteroatoms. The number of pyridine rings is 1. The van der Waals surface area contributed by atoms with E-state index in [4.69, 9.17) is 0 Å². The fourth-order valence-corrected chi connectivity index (χ4v) is 3.24. The van der Waals surface area contributed by atoms with Gasteiger partial charge in [0, 0.05) is 37.3 Å². The molecule has 5 nitrogen and oxygen atoms in total. The molecule has 4 rings (SSSR count). The zero-order chi connectivity index (χ0) is 19.0. The van der Waals surface area contributed by atoms with Crippen LogP contribution < -0.4 is 5.56 Å². The minimum absolute atomic E-state index is 0.0553. The fourth-order valence-electron chi connectivity index (χ4n) is 3.24. The van der Waals surface area contributed by atoms with Crippen molar-refractivity contribution in [2.45, 2.75) is 19.8 Å². The Hall–Kier alpha value is -3.28. The van der Waals surface area contributed by atoms with Crippen molar-refractivity contribution in [3.63, 3.8) is 0 Å². The monoisotopic (exact) mass is 362 g/mol. The molecule has 4 aromatic rings. The third-order valence-electron chi connectivity index (χ3n) is 4.77. The lowest BCUT2D eigenvalue weighted by atomic mass is 10.1. The molecular formula is C21H19FN4O. The second-order valence-electron chi connectivity index (χ2n) is 6.49. The second kappa shape index (κ2) is 6.79. The van der Waals surface area contributed by atoms with E-state index in [2.05, 4.69) is 9.97 Å². The first kappa shape index (κ1) is 17.1. The normalized spacial score (nSPS) is 11.2. The predicted octanol–water partition coefficient (Wildman–Crippen LogP) is 3.39. The topological polar surface area (TPSA) is 52.2 Å². The van der Waals surface area contributed by atoms with Crippen LogP contribution in [0.4, 0.5) is 4.39 Å². The van der Waals surface area contributed by atoms with Crippen molar-refractivity contribution in [2.24, 2.45) is 7.05 Å². The summed E-state index contributed by atoms with van der Waals surface area (Å²) < 4.78 is 16.9. The van der Waals surface area contributed by atoms with E-state index in [1.165, 1.54) is 6.07 Å². The Kier molecular flexibility index (Phi) is 4.32. The van der Waals surface area contributed by atoms with Gasteiger partial charge in [-0.15, -0.1) is 0 Å². The van der Waals surface area contributed by atoms with Crippen molar-refractivity contribution >= 4 is 5.52 Å². The lowest BCUT2D eigenvalue weighted by Gasteiger charge is -2.11. The van der Waals surface area contributed by atoms with Crippen molar-refractivity contribution in [2.75, 3.05) is 0 Å². The number of aryl methyl sites for hydroxylation is 1. The molecule has 0 aliphatic rings. The zero-order valence-corrected chi connectivity index (χ0v) is 15.2. The third kappa shape index (κ3) is 3.14. The van der Waals surface area contributed by atoms with Gasteiger partial charge < -0.3 is 4.57 Å². The van der Waals surface area contributed by atoms with Gasteiger partial charge >= 0.3 is 0 Å². The Morgan fingerprint density at radius 3 is 2.59 bits per heavy atom. The highest BCUT2D eigenvalue weighted by molar-refractivity contribution is 5.59. The molecular weight excluding hydrogens is 343 g/mol. The van der Waals surface area contributed by atoms with E-state index in [0.717, 1.165) is 29.1 Å². The van der Waals surface area contributed by atoms with Gasteiger partial charge in [-0.25, -0.2) is 9.97 Å². The van der Waals surface area contributed by atoms with Crippen molar-refractivity contribution in [1.82, 2.24) is 18.9 Å². The fraction of sp³-hybridized carbons (Fsp3) is 0.190. The first-order chi connectivity index (χ1) is 13.1. The van der Waals surface area contributed by atoms with Gasteiger partial charge in [0.25, 0.3) is 5.56 Å². The van der Waals surface area contributed by atoms with Gasteiger partial charge in [-0.2, -0.15) is 4.39 Å². The number of nitrogens with zero attached hydrogens (tertiary/aromatic N) is 4. The Morgan fingerprint density at radius 2 is 1.89 bits per heavy atom. The van der Waals surface area contributed by atoms with Crippen molar-refractivity contribution in [1.29, 1.82) is 0 Å². The van der Waals surface area contributed by atoms with E-state index in [0.29, 0.717) is 17.6 Å². The average Bonchev–Trinajstić information content (AvgIpc) is 3.09. The molecule has 3 aromatic heterocycles. The number of rotatable bonds is 4. The minimum atomic E-state index is -0.494. The van der Waals surface area contributed by atoms with E-state index in [9.17, 15) is 9.18 Å². The van der Waals surface area contributed by atoms with Gasteiger partial charge in [0.05, 0.1) is 11.9 Å². The molecule has 0 aliphatic heterocycles. The highest BCUT2D eigenvalue weighted by Gasteiger charge is 2.11. The maximum atomic E-state index is 13.3. The molecule has 0 aliphatic carbocycles. The third-order valence-corrected chi connectivity index (χ3v) is 4.77.